The van der Waals surface area contributed by atoms with Crippen LogP contribution in [-0.2, 0) is 9.53 Å². The lowest BCUT2D eigenvalue weighted by Gasteiger charge is -2.31. The summed E-state index contributed by atoms with van der Waals surface area (Å²) in [7, 11) is 0. The molecule has 1 atom stereocenters. The molecule has 0 aliphatic carbocycles. The number of nitrogens with zero attached hydrogens (tertiary/aromatic N) is 1. The van der Waals surface area contributed by atoms with Gasteiger partial charge in [0, 0.05) is 11.3 Å². The first-order valence-electron chi connectivity index (χ1n) is 7.73. The van der Waals surface area contributed by atoms with Gasteiger partial charge in [-0.3, -0.25) is 0 Å². The molecule has 0 spiro atoms. The molecular formula is C19H17N3O2. The Kier molecular flexibility index (Phi) is 4.48. The Morgan fingerprint density at radius 1 is 1.17 bits per heavy atom. The van der Waals surface area contributed by atoms with Crippen LogP contribution >= 0.6 is 0 Å². The molecule has 2 aromatic carbocycles. The van der Waals surface area contributed by atoms with Gasteiger partial charge in [0.15, 0.2) is 5.57 Å². The second-order valence-electron chi connectivity index (χ2n) is 5.28. The number of ether oxygens (including phenoxy) is 1. The second kappa shape index (κ2) is 6.88. The van der Waals surface area contributed by atoms with Crippen molar-refractivity contribution < 1.29 is 9.53 Å². The van der Waals surface area contributed by atoms with Crippen LogP contribution in [0, 0.1) is 11.3 Å². The summed E-state index contributed by atoms with van der Waals surface area (Å²) in [6, 6.07) is 19.5. The zero-order valence-electron chi connectivity index (χ0n) is 13.2. The van der Waals surface area contributed by atoms with Crippen LogP contribution in [0.5, 0.6) is 0 Å². The zero-order chi connectivity index (χ0) is 16.9. The van der Waals surface area contributed by atoms with E-state index in [1.54, 1.807) is 6.92 Å². The molecule has 0 saturated carbocycles. The Balaban J connectivity index is 2.08. The molecule has 2 aromatic rings. The molecule has 120 valence electrons. The molecule has 24 heavy (non-hydrogen) atoms. The third-order valence-electron chi connectivity index (χ3n) is 3.79. The molecule has 1 unspecified atom stereocenters. The van der Waals surface area contributed by atoms with Gasteiger partial charge in [0.1, 0.15) is 11.9 Å². The van der Waals surface area contributed by atoms with Crippen LogP contribution in [0.25, 0.3) is 0 Å². The standard InChI is InChI=1S/C19H17N3O2/c1-2-24-19(23)15(12-20)18-21-16-11-7-6-10-14(16)17(22-18)13-8-4-3-5-9-13/h3-11,17,21-22H,2H2,1H3/b18-15+. The van der Waals surface area contributed by atoms with E-state index in [1.807, 2.05) is 60.7 Å². The minimum Gasteiger partial charge on any atom is -0.462 e. The Labute approximate surface area is 140 Å². The molecule has 5 nitrogen and oxygen atoms in total. The number of carbonyl (C=O) groups excluding carboxylic acids is 1. The summed E-state index contributed by atoms with van der Waals surface area (Å²) in [5, 5.41) is 15.8. The number of hydrogen-bond acceptors (Lipinski definition) is 5. The summed E-state index contributed by atoms with van der Waals surface area (Å²) in [5.74, 6) is -0.273. The highest BCUT2D eigenvalue weighted by atomic mass is 16.5. The molecule has 5 heteroatoms. The summed E-state index contributed by atoms with van der Waals surface area (Å²) < 4.78 is 4.98. The van der Waals surface area contributed by atoms with Gasteiger partial charge in [-0.2, -0.15) is 5.26 Å². The summed E-state index contributed by atoms with van der Waals surface area (Å²) in [4.78, 5) is 12.0. The third-order valence-corrected chi connectivity index (χ3v) is 3.79. The average Bonchev–Trinajstić information content (AvgIpc) is 2.62. The number of esters is 1. The van der Waals surface area contributed by atoms with Crippen molar-refractivity contribution in [3.8, 4) is 6.07 Å². The summed E-state index contributed by atoms with van der Waals surface area (Å²) in [6.07, 6.45) is 0. The number of anilines is 1. The van der Waals surface area contributed by atoms with Crippen LogP contribution in [0.3, 0.4) is 0 Å². The van der Waals surface area contributed by atoms with Crippen molar-refractivity contribution >= 4 is 11.7 Å². The molecule has 0 saturated heterocycles. The quantitative estimate of drug-likeness (QED) is 0.516. The minimum atomic E-state index is -0.638. The SMILES string of the molecule is CCOC(=O)/C(C#N)=C1\Nc2ccccc2C(c2ccccc2)N1. The van der Waals surface area contributed by atoms with E-state index in [0.29, 0.717) is 5.82 Å². The van der Waals surface area contributed by atoms with Crippen molar-refractivity contribution in [3.63, 3.8) is 0 Å². The molecule has 0 aromatic heterocycles. The molecule has 2 N–H and O–H groups in total. The fraction of sp³-hybridized carbons (Fsp3) is 0.158. The van der Waals surface area contributed by atoms with Gasteiger partial charge in [-0.15, -0.1) is 0 Å². The van der Waals surface area contributed by atoms with Crippen molar-refractivity contribution in [2.45, 2.75) is 13.0 Å². The Hall–Kier alpha value is -3.26. The number of para-hydroxylation sites is 1. The molecule has 1 aliphatic rings. The van der Waals surface area contributed by atoms with E-state index in [0.717, 1.165) is 16.8 Å². The highest BCUT2D eigenvalue weighted by Crippen LogP contribution is 2.34. The number of rotatable bonds is 3. The van der Waals surface area contributed by atoms with Gasteiger partial charge >= 0.3 is 5.97 Å². The molecule has 0 bridgehead atoms. The molecule has 0 amide bonds. The van der Waals surface area contributed by atoms with Crippen molar-refractivity contribution in [1.82, 2.24) is 5.32 Å². The number of benzene rings is 2. The molecule has 1 heterocycles. The first-order valence-corrected chi connectivity index (χ1v) is 7.73. The lowest BCUT2D eigenvalue weighted by Crippen LogP contribution is -2.34. The topological polar surface area (TPSA) is 74.2 Å². The van der Waals surface area contributed by atoms with E-state index in [4.69, 9.17) is 4.74 Å². The molecular weight excluding hydrogens is 302 g/mol. The largest absolute Gasteiger partial charge is 0.462 e. The van der Waals surface area contributed by atoms with E-state index >= 15 is 0 Å². The molecule has 0 radical (unpaired) electrons. The van der Waals surface area contributed by atoms with Gasteiger partial charge in [0.25, 0.3) is 0 Å². The molecule has 1 aliphatic heterocycles. The first-order chi connectivity index (χ1) is 11.7. The minimum absolute atomic E-state index is 0.0627. The maximum atomic E-state index is 12.0. The third kappa shape index (κ3) is 2.95. The van der Waals surface area contributed by atoms with Crippen LogP contribution in [0.1, 0.15) is 24.1 Å². The Bertz CT molecular complexity index is 822. The van der Waals surface area contributed by atoms with E-state index in [-0.39, 0.29) is 18.2 Å². The van der Waals surface area contributed by atoms with Gasteiger partial charge in [-0.1, -0.05) is 48.5 Å². The van der Waals surface area contributed by atoms with E-state index in [1.165, 1.54) is 0 Å². The number of hydrogen-bond donors (Lipinski definition) is 2. The predicted molar refractivity (Wildman–Crippen MR) is 90.8 cm³/mol. The van der Waals surface area contributed by atoms with Crippen LogP contribution in [0.4, 0.5) is 5.69 Å². The van der Waals surface area contributed by atoms with Crippen LogP contribution in [0.2, 0.25) is 0 Å². The summed E-state index contributed by atoms with van der Waals surface area (Å²) in [6.45, 7) is 1.93. The summed E-state index contributed by atoms with van der Waals surface area (Å²) >= 11 is 0. The van der Waals surface area contributed by atoms with E-state index in [2.05, 4.69) is 10.6 Å². The highest BCUT2D eigenvalue weighted by Gasteiger charge is 2.27. The smallest absolute Gasteiger partial charge is 0.352 e. The fourth-order valence-corrected chi connectivity index (χ4v) is 2.71. The van der Waals surface area contributed by atoms with Crippen molar-refractivity contribution in [1.29, 1.82) is 5.26 Å². The number of carbonyl (C=O) groups is 1. The Morgan fingerprint density at radius 2 is 1.88 bits per heavy atom. The maximum absolute atomic E-state index is 12.0. The van der Waals surface area contributed by atoms with Crippen LogP contribution in [0.15, 0.2) is 66.0 Å². The van der Waals surface area contributed by atoms with Crippen molar-refractivity contribution in [3.05, 3.63) is 77.1 Å². The Morgan fingerprint density at radius 3 is 2.58 bits per heavy atom. The zero-order valence-corrected chi connectivity index (χ0v) is 13.2. The van der Waals surface area contributed by atoms with Crippen molar-refractivity contribution in [2.75, 3.05) is 11.9 Å². The average molecular weight is 319 g/mol. The molecule has 3 rings (SSSR count). The van der Waals surface area contributed by atoms with Gasteiger partial charge in [0.2, 0.25) is 0 Å². The second-order valence-corrected chi connectivity index (χ2v) is 5.28. The number of nitrogens with one attached hydrogen (secondary N) is 2. The lowest BCUT2D eigenvalue weighted by molar-refractivity contribution is -0.138. The van der Waals surface area contributed by atoms with Crippen LogP contribution in [-0.4, -0.2) is 12.6 Å². The van der Waals surface area contributed by atoms with Crippen LogP contribution < -0.4 is 10.6 Å². The van der Waals surface area contributed by atoms with E-state index < -0.39 is 5.97 Å². The maximum Gasteiger partial charge on any atom is 0.352 e. The fourth-order valence-electron chi connectivity index (χ4n) is 2.71. The monoisotopic (exact) mass is 319 g/mol. The number of nitriles is 1. The van der Waals surface area contributed by atoms with Gasteiger partial charge < -0.3 is 15.4 Å². The predicted octanol–water partition coefficient (Wildman–Crippen LogP) is 3.09. The normalized spacial score (nSPS) is 17.6. The van der Waals surface area contributed by atoms with Gasteiger partial charge in [-0.25, -0.2) is 4.79 Å². The van der Waals surface area contributed by atoms with Gasteiger partial charge in [-0.05, 0) is 18.6 Å². The lowest BCUT2D eigenvalue weighted by atomic mass is 9.95. The van der Waals surface area contributed by atoms with E-state index in [9.17, 15) is 10.1 Å². The summed E-state index contributed by atoms with van der Waals surface area (Å²) in [5.41, 5.74) is 2.89. The highest BCUT2D eigenvalue weighted by molar-refractivity contribution is 5.94. The number of fused-ring (bicyclic) bond motifs is 1. The van der Waals surface area contributed by atoms with Crippen molar-refractivity contribution in [2.24, 2.45) is 0 Å². The first kappa shape index (κ1) is 15.6. The van der Waals surface area contributed by atoms with Gasteiger partial charge in [0.05, 0.1) is 12.6 Å². The molecule has 0 fully saturated rings.